The van der Waals surface area contributed by atoms with Crippen molar-refractivity contribution in [1.82, 2.24) is 4.90 Å². The maximum absolute atomic E-state index is 14.9. The highest BCUT2D eigenvalue weighted by Crippen LogP contribution is 2.59. The highest BCUT2D eigenvalue weighted by Gasteiger charge is 2.76. The molecule has 0 aromatic heterocycles. The van der Waals surface area contributed by atoms with Gasteiger partial charge in [-0.25, -0.2) is 0 Å². The molecule has 2 aromatic rings. The van der Waals surface area contributed by atoms with Crippen LogP contribution in [0.5, 0.6) is 0 Å². The number of hydrogen-bond acceptors (Lipinski definition) is 5. The lowest BCUT2D eigenvalue weighted by atomic mass is 9.73. The molecule has 0 bridgehead atoms. The van der Waals surface area contributed by atoms with Crippen LogP contribution < -0.4 is 9.80 Å². The zero-order valence-electron chi connectivity index (χ0n) is 25.7. The molecule has 0 radical (unpaired) electrons. The molecule has 232 valence electrons. The van der Waals surface area contributed by atoms with Crippen molar-refractivity contribution in [2.45, 2.75) is 63.8 Å². The van der Waals surface area contributed by atoms with Gasteiger partial charge < -0.3 is 24.5 Å². The van der Waals surface area contributed by atoms with E-state index in [-0.39, 0.29) is 36.8 Å². The van der Waals surface area contributed by atoms with E-state index in [9.17, 15) is 19.5 Å². The molecule has 0 aliphatic carbocycles. The molecule has 1 N–H and O–H groups in total. The van der Waals surface area contributed by atoms with Gasteiger partial charge in [0.1, 0.15) is 11.6 Å². The Labute approximate surface area is 263 Å². The third kappa shape index (κ3) is 4.37. The van der Waals surface area contributed by atoms with Gasteiger partial charge in [0.15, 0.2) is 0 Å². The maximum atomic E-state index is 14.9. The summed E-state index contributed by atoms with van der Waals surface area (Å²) in [5.41, 5.74) is -0.406. The van der Waals surface area contributed by atoms with Crippen molar-refractivity contribution in [3.05, 3.63) is 83.4 Å². The number of rotatable bonds is 7. The number of carbonyl (C=O) groups is 3. The second-order valence-electron chi connectivity index (χ2n) is 12.4. The summed E-state index contributed by atoms with van der Waals surface area (Å²) < 4.78 is 7.11. The van der Waals surface area contributed by atoms with Crippen LogP contribution in [0.2, 0.25) is 5.02 Å². The minimum Gasteiger partial charge on any atom is -0.394 e. The monoisotopic (exact) mass is 617 g/mol. The van der Waals surface area contributed by atoms with Crippen LogP contribution in [0.3, 0.4) is 0 Å². The van der Waals surface area contributed by atoms with Gasteiger partial charge in [-0.05, 0) is 43.0 Å². The van der Waals surface area contributed by atoms with Crippen LogP contribution in [0.1, 0.15) is 39.2 Å². The number of halogens is 1. The summed E-state index contributed by atoms with van der Waals surface area (Å²) in [6.45, 7) is 8.05. The van der Waals surface area contributed by atoms with Crippen LogP contribution in [-0.4, -0.2) is 70.7 Å². The first kappa shape index (κ1) is 30.6. The quantitative estimate of drug-likeness (QED) is 0.446. The Morgan fingerprint density at radius 3 is 2.30 bits per heavy atom. The lowest BCUT2D eigenvalue weighted by molar-refractivity contribution is -0.150. The topological polar surface area (TPSA) is 90.4 Å². The Morgan fingerprint density at radius 2 is 1.64 bits per heavy atom. The van der Waals surface area contributed by atoms with Crippen LogP contribution in [-0.2, 0) is 19.1 Å². The zero-order chi connectivity index (χ0) is 31.4. The lowest BCUT2D eigenvalue weighted by Crippen LogP contribution is -2.60. The number of hydrogen-bond donors (Lipinski definition) is 1. The van der Waals surface area contributed by atoms with E-state index in [0.717, 1.165) is 11.3 Å². The van der Waals surface area contributed by atoms with Crippen LogP contribution in [0.4, 0.5) is 11.4 Å². The number of para-hydroxylation sites is 2. The maximum Gasteiger partial charge on any atom is 0.253 e. The number of aliphatic hydroxyl groups is 1. The molecular formula is C35H40ClN3O5. The summed E-state index contributed by atoms with van der Waals surface area (Å²) in [7, 11) is 0. The molecule has 3 amide bonds. The molecule has 9 heteroatoms. The summed E-state index contributed by atoms with van der Waals surface area (Å²) in [6.07, 6.45) is 8.68. The first-order valence-corrected chi connectivity index (χ1v) is 15.9. The highest BCUT2D eigenvalue weighted by molar-refractivity contribution is 6.34. The zero-order valence-corrected chi connectivity index (χ0v) is 26.4. The molecule has 6 rings (SSSR count). The van der Waals surface area contributed by atoms with Gasteiger partial charge in [0.25, 0.3) is 5.91 Å². The number of anilines is 2. The SMILES string of the molecule is CC[C@H](C)[C@H](CO)N1C(=O)[C@@H]2[C@H]3C(=O)N(c4ccccc4)CC=C[C@@]3(CC)O[C@@]23C=CCN(c2c(C)cccc2Cl)C(=O)C13. The first-order valence-electron chi connectivity index (χ1n) is 15.6. The largest absolute Gasteiger partial charge is 0.394 e. The number of carbonyl (C=O) groups excluding carboxylic acids is 3. The molecular weight excluding hydrogens is 578 g/mol. The third-order valence-electron chi connectivity index (χ3n) is 10.2. The molecule has 2 saturated heterocycles. The van der Waals surface area contributed by atoms with Crippen molar-refractivity contribution in [3.63, 3.8) is 0 Å². The molecule has 44 heavy (non-hydrogen) atoms. The average molecular weight is 618 g/mol. The summed E-state index contributed by atoms with van der Waals surface area (Å²) in [4.78, 5) is 49.4. The van der Waals surface area contributed by atoms with Gasteiger partial charge in [0, 0.05) is 18.8 Å². The van der Waals surface area contributed by atoms with Crippen molar-refractivity contribution < 1.29 is 24.2 Å². The van der Waals surface area contributed by atoms with Crippen LogP contribution >= 0.6 is 11.6 Å². The van der Waals surface area contributed by atoms with E-state index in [1.54, 1.807) is 20.8 Å². The second-order valence-corrected chi connectivity index (χ2v) is 12.9. The Balaban J connectivity index is 1.55. The minimum atomic E-state index is -1.43. The van der Waals surface area contributed by atoms with Gasteiger partial charge in [-0.2, -0.15) is 0 Å². The van der Waals surface area contributed by atoms with E-state index in [1.165, 1.54) is 0 Å². The predicted molar refractivity (Wildman–Crippen MR) is 170 cm³/mol. The molecule has 2 fully saturated rings. The molecule has 4 aliphatic heterocycles. The smallest absolute Gasteiger partial charge is 0.253 e. The Morgan fingerprint density at radius 1 is 0.932 bits per heavy atom. The number of aliphatic hydroxyl groups excluding tert-OH is 1. The predicted octanol–water partition coefficient (Wildman–Crippen LogP) is 4.92. The second kappa shape index (κ2) is 11.5. The Hall–Kier alpha value is -3.46. The number of benzene rings is 2. The van der Waals surface area contributed by atoms with Gasteiger partial charge >= 0.3 is 0 Å². The molecule has 7 atom stereocenters. The fraction of sp³-hybridized carbons (Fsp3) is 0.457. The number of aryl methyl sites for hydroxylation is 1. The fourth-order valence-corrected chi connectivity index (χ4v) is 8.20. The molecule has 1 unspecified atom stereocenters. The molecule has 8 nitrogen and oxygen atoms in total. The number of likely N-dealkylation sites (tertiary alicyclic amines) is 1. The standard InChI is InChI=1S/C35H40ClN3O5/c1-5-22(3)26(21-40)39-30-33(43)38(29-23(4)13-10-16-25(29)36)20-12-18-35(30)28(32(39)42)27-31(41)37(24-14-8-7-9-15-24)19-11-17-34(27,6-2)44-35/h7-18,22,26-28,30,40H,5-6,19-21H2,1-4H3/t22-,26-,27-,28-,30?,34+,35-/m0/s1. The van der Waals surface area contributed by atoms with Gasteiger partial charge in [-0.15, -0.1) is 0 Å². The first-order chi connectivity index (χ1) is 21.2. The molecule has 1 spiro atoms. The molecule has 4 heterocycles. The Bertz CT molecular complexity index is 1510. The summed E-state index contributed by atoms with van der Waals surface area (Å²) >= 11 is 6.69. The van der Waals surface area contributed by atoms with E-state index >= 15 is 0 Å². The molecule has 2 aromatic carbocycles. The third-order valence-corrected chi connectivity index (χ3v) is 10.6. The van der Waals surface area contributed by atoms with Crippen LogP contribution in [0, 0.1) is 24.7 Å². The van der Waals surface area contributed by atoms with Crippen molar-refractivity contribution >= 4 is 40.7 Å². The van der Waals surface area contributed by atoms with Crippen LogP contribution in [0.15, 0.2) is 72.8 Å². The summed E-state index contributed by atoms with van der Waals surface area (Å²) in [5.74, 6) is -2.87. The van der Waals surface area contributed by atoms with Crippen molar-refractivity contribution in [2.24, 2.45) is 17.8 Å². The molecule has 0 saturated carbocycles. The van der Waals surface area contributed by atoms with Gasteiger partial charge in [0.2, 0.25) is 11.8 Å². The normalized spacial score (nSPS) is 31.0. The highest BCUT2D eigenvalue weighted by atomic mass is 35.5. The fourth-order valence-electron chi connectivity index (χ4n) is 7.88. The van der Waals surface area contributed by atoms with E-state index in [4.69, 9.17) is 16.3 Å². The van der Waals surface area contributed by atoms with E-state index in [0.29, 0.717) is 30.1 Å². The van der Waals surface area contributed by atoms with Crippen molar-refractivity contribution in [3.8, 4) is 0 Å². The average Bonchev–Trinajstić information content (AvgIpc) is 3.31. The number of amides is 3. The molecule has 4 aliphatic rings. The van der Waals surface area contributed by atoms with E-state index < -0.39 is 35.1 Å². The van der Waals surface area contributed by atoms with Gasteiger partial charge in [-0.3, -0.25) is 14.4 Å². The number of fused-ring (bicyclic) bond motifs is 2. The minimum absolute atomic E-state index is 0.114. The van der Waals surface area contributed by atoms with Gasteiger partial charge in [-0.1, -0.05) is 93.4 Å². The number of nitrogens with zero attached hydrogens (tertiary/aromatic N) is 3. The van der Waals surface area contributed by atoms with E-state index in [1.807, 2.05) is 94.5 Å². The van der Waals surface area contributed by atoms with Gasteiger partial charge in [0.05, 0.1) is 40.8 Å². The summed E-state index contributed by atoms with van der Waals surface area (Å²) in [6, 6.07) is 13.1. The van der Waals surface area contributed by atoms with Crippen LogP contribution in [0.25, 0.3) is 0 Å². The lowest BCUT2D eigenvalue weighted by Gasteiger charge is -2.42. The van der Waals surface area contributed by atoms with Crippen molar-refractivity contribution in [2.75, 3.05) is 29.5 Å². The number of ether oxygens (including phenoxy) is 1. The Kier molecular flexibility index (Phi) is 7.97. The van der Waals surface area contributed by atoms with Crippen molar-refractivity contribution in [1.29, 1.82) is 0 Å². The van der Waals surface area contributed by atoms with E-state index in [2.05, 4.69) is 0 Å². The summed E-state index contributed by atoms with van der Waals surface area (Å²) in [5, 5.41) is 11.1.